The molecule has 0 radical (unpaired) electrons. The van der Waals surface area contributed by atoms with Gasteiger partial charge in [0.05, 0.1) is 12.6 Å². The predicted octanol–water partition coefficient (Wildman–Crippen LogP) is 3.70. The first kappa shape index (κ1) is 18.0. The molecule has 0 spiro atoms. The van der Waals surface area contributed by atoms with E-state index in [4.69, 9.17) is 4.74 Å². The van der Waals surface area contributed by atoms with Crippen molar-refractivity contribution < 1.29 is 14.6 Å². The SMILES string of the molecule is CCn1c(C(=O)O)c(CNCCc2ccccc2)c2ccc(OC)cc21. The van der Waals surface area contributed by atoms with Crippen molar-refractivity contribution in [2.24, 2.45) is 0 Å². The van der Waals surface area contributed by atoms with Crippen molar-refractivity contribution in [1.82, 2.24) is 9.88 Å². The van der Waals surface area contributed by atoms with E-state index in [9.17, 15) is 9.90 Å². The van der Waals surface area contributed by atoms with E-state index in [1.54, 1.807) is 7.11 Å². The quantitative estimate of drug-likeness (QED) is 0.607. The summed E-state index contributed by atoms with van der Waals surface area (Å²) in [5, 5.41) is 14.1. The average Bonchev–Trinajstić information content (AvgIpc) is 2.99. The van der Waals surface area contributed by atoms with Crippen LogP contribution in [-0.4, -0.2) is 29.3 Å². The zero-order valence-electron chi connectivity index (χ0n) is 15.2. The Balaban J connectivity index is 1.86. The van der Waals surface area contributed by atoms with Crippen molar-refractivity contribution in [3.8, 4) is 5.75 Å². The molecule has 3 aromatic rings. The Morgan fingerprint density at radius 2 is 1.96 bits per heavy atom. The maximum absolute atomic E-state index is 11.9. The van der Waals surface area contributed by atoms with Gasteiger partial charge in [-0.05, 0) is 37.6 Å². The van der Waals surface area contributed by atoms with Crippen LogP contribution >= 0.6 is 0 Å². The third kappa shape index (κ3) is 3.58. The van der Waals surface area contributed by atoms with Crippen LogP contribution < -0.4 is 10.1 Å². The van der Waals surface area contributed by atoms with Crippen LogP contribution in [0.3, 0.4) is 0 Å². The molecule has 1 heterocycles. The minimum atomic E-state index is -0.901. The van der Waals surface area contributed by atoms with Crippen LogP contribution in [0.4, 0.5) is 0 Å². The van der Waals surface area contributed by atoms with Crippen molar-refractivity contribution in [2.75, 3.05) is 13.7 Å². The Labute approximate surface area is 153 Å². The summed E-state index contributed by atoms with van der Waals surface area (Å²) >= 11 is 0. The van der Waals surface area contributed by atoms with E-state index in [1.165, 1.54) is 5.56 Å². The summed E-state index contributed by atoms with van der Waals surface area (Å²) in [6.45, 7) is 3.86. The van der Waals surface area contributed by atoms with Crippen molar-refractivity contribution in [3.63, 3.8) is 0 Å². The summed E-state index contributed by atoms with van der Waals surface area (Å²) in [7, 11) is 1.62. The van der Waals surface area contributed by atoms with Gasteiger partial charge in [0.2, 0.25) is 0 Å². The highest BCUT2D eigenvalue weighted by atomic mass is 16.5. The zero-order valence-corrected chi connectivity index (χ0v) is 15.2. The number of aryl methyl sites for hydroxylation is 1. The topological polar surface area (TPSA) is 63.5 Å². The van der Waals surface area contributed by atoms with Crippen LogP contribution in [0.2, 0.25) is 0 Å². The lowest BCUT2D eigenvalue weighted by Gasteiger charge is -2.07. The van der Waals surface area contributed by atoms with E-state index in [-0.39, 0.29) is 0 Å². The molecule has 2 aromatic carbocycles. The maximum Gasteiger partial charge on any atom is 0.352 e. The van der Waals surface area contributed by atoms with Crippen molar-refractivity contribution in [3.05, 3.63) is 65.4 Å². The highest BCUT2D eigenvalue weighted by Gasteiger charge is 2.21. The lowest BCUT2D eigenvalue weighted by molar-refractivity contribution is 0.0684. The van der Waals surface area contributed by atoms with Gasteiger partial charge in [-0.15, -0.1) is 0 Å². The summed E-state index contributed by atoms with van der Waals surface area (Å²) in [4.78, 5) is 11.9. The molecule has 0 aliphatic heterocycles. The standard InChI is InChI=1S/C21H24N2O3/c1-3-23-19-13-16(26-2)9-10-17(19)18(20(23)21(24)25)14-22-12-11-15-7-5-4-6-8-15/h4-10,13,22H,3,11-12,14H2,1-2H3,(H,24,25). The number of nitrogens with zero attached hydrogens (tertiary/aromatic N) is 1. The Kier molecular flexibility index (Phi) is 5.58. The molecule has 0 aliphatic rings. The predicted molar refractivity (Wildman–Crippen MR) is 103 cm³/mol. The number of aromatic nitrogens is 1. The van der Waals surface area contributed by atoms with E-state index < -0.39 is 5.97 Å². The number of rotatable bonds is 8. The van der Waals surface area contributed by atoms with E-state index in [0.29, 0.717) is 18.8 Å². The zero-order chi connectivity index (χ0) is 18.5. The lowest BCUT2D eigenvalue weighted by atomic mass is 10.1. The van der Waals surface area contributed by atoms with Gasteiger partial charge in [0.25, 0.3) is 0 Å². The van der Waals surface area contributed by atoms with E-state index in [1.807, 2.05) is 47.9 Å². The van der Waals surface area contributed by atoms with Gasteiger partial charge >= 0.3 is 5.97 Å². The van der Waals surface area contributed by atoms with Gasteiger partial charge < -0.3 is 19.7 Å². The number of nitrogens with one attached hydrogen (secondary N) is 1. The molecule has 0 saturated carbocycles. The van der Waals surface area contributed by atoms with Gasteiger partial charge in [0.1, 0.15) is 11.4 Å². The summed E-state index contributed by atoms with van der Waals surface area (Å²) in [5.41, 5.74) is 3.33. The van der Waals surface area contributed by atoms with E-state index in [2.05, 4.69) is 17.4 Å². The maximum atomic E-state index is 11.9. The van der Waals surface area contributed by atoms with Crippen LogP contribution in [-0.2, 0) is 19.5 Å². The van der Waals surface area contributed by atoms with Crippen LogP contribution in [0.15, 0.2) is 48.5 Å². The molecule has 26 heavy (non-hydrogen) atoms. The molecule has 0 fully saturated rings. The summed E-state index contributed by atoms with van der Waals surface area (Å²) in [6, 6.07) is 16.0. The number of carbonyl (C=O) groups is 1. The fourth-order valence-electron chi connectivity index (χ4n) is 3.37. The molecule has 2 N–H and O–H groups in total. The summed E-state index contributed by atoms with van der Waals surface area (Å²) in [6.07, 6.45) is 0.906. The van der Waals surface area contributed by atoms with Crippen molar-refractivity contribution in [2.45, 2.75) is 26.4 Å². The number of hydrogen-bond acceptors (Lipinski definition) is 3. The number of benzene rings is 2. The van der Waals surface area contributed by atoms with E-state index in [0.717, 1.165) is 35.2 Å². The van der Waals surface area contributed by atoms with Gasteiger partial charge in [0.15, 0.2) is 0 Å². The first-order valence-corrected chi connectivity index (χ1v) is 8.82. The van der Waals surface area contributed by atoms with Crippen LogP contribution in [0.1, 0.15) is 28.5 Å². The molecule has 5 heteroatoms. The first-order chi connectivity index (χ1) is 12.7. The summed E-state index contributed by atoms with van der Waals surface area (Å²) in [5.74, 6) is -0.174. The Bertz CT molecular complexity index is 901. The van der Waals surface area contributed by atoms with Crippen LogP contribution in [0.5, 0.6) is 5.75 Å². The minimum absolute atomic E-state index is 0.350. The fourth-order valence-corrected chi connectivity index (χ4v) is 3.37. The van der Waals surface area contributed by atoms with Gasteiger partial charge in [-0.25, -0.2) is 4.79 Å². The molecule has 0 amide bonds. The molecule has 0 saturated heterocycles. The number of fused-ring (bicyclic) bond motifs is 1. The molecule has 0 bridgehead atoms. The second-order valence-corrected chi connectivity index (χ2v) is 6.17. The third-order valence-electron chi connectivity index (χ3n) is 4.63. The molecule has 0 atom stereocenters. The largest absolute Gasteiger partial charge is 0.497 e. The lowest BCUT2D eigenvalue weighted by Crippen LogP contribution is -2.19. The Hall–Kier alpha value is -2.79. The van der Waals surface area contributed by atoms with Crippen LogP contribution in [0, 0.1) is 0 Å². The summed E-state index contributed by atoms with van der Waals surface area (Å²) < 4.78 is 7.14. The Morgan fingerprint density at radius 1 is 1.19 bits per heavy atom. The molecule has 3 rings (SSSR count). The van der Waals surface area contributed by atoms with Gasteiger partial charge in [-0.2, -0.15) is 0 Å². The normalized spacial score (nSPS) is 11.0. The number of methoxy groups -OCH3 is 1. The smallest absolute Gasteiger partial charge is 0.352 e. The molecular formula is C21H24N2O3. The Morgan fingerprint density at radius 3 is 2.62 bits per heavy atom. The van der Waals surface area contributed by atoms with Crippen molar-refractivity contribution >= 4 is 16.9 Å². The molecule has 0 aliphatic carbocycles. The fraction of sp³-hybridized carbons (Fsp3) is 0.286. The van der Waals surface area contributed by atoms with Gasteiger partial charge in [0, 0.05) is 30.1 Å². The second-order valence-electron chi connectivity index (χ2n) is 6.17. The molecule has 1 aromatic heterocycles. The highest BCUT2D eigenvalue weighted by Crippen LogP contribution is 2.29. The molecule has 0 unspecified atom stereocenters. The monoisotopic (exact) mass is 352 g/mol. The number of hydrogen-bond donors (Lipinski definition) is 2. The molecule has 136 valence electrons. The third-order valence-corrected chi connectivity index (χ3v) is 4.63. The van der Waals surface area contributed by atoms with Crippen LogP contribution in [0.25, 0.3) is 10.9 Å². The minimum Gasteiger partial charge on any atom is -0.497 e. The number of aromatic carboxylic acids is 1. The number of carboxylic acids is 1. The van der Waals surface area contributed by atoms with Crippen molar-refractivity contribution in [1.29, 1.82) is 0 Å². The first-order valence-electron chi connectivity index (χ1n) is 8.82. The number of carboxylic acid groups (broad SMARTS) is 1. The average molecular weight is 352 g/mol. The molecular weight excluding hydrogens is 328 g/mol. The second kappa shape index (κ2) is 8.06. The van der Waals surface area contributed by atoms with Gasteiger partial charge in [-0.1, -0.05) is 30.3 Å². The number of ether oxygens (including phenoxy) is 1. The van der Waals surface area contributed by atoms with Gasteiger partial charge in [-0.3, -0.25) is 0 Å². The highest BCUT2D eigenvalue weighted by molar-refractivity contribution is 5.98. The van der Waals surface area contributed by atoms with E-state index >= 15 is 0 Å². The molecule has 5 nitrogen and oxygen atoms in total.